The highest BCUT2D eigenvalue weighted by Gasteiger charge is 2.24. The summed E-state index contributed by atoms with van der Waals surface area (Å²) in [6.45, 7) is 3.00. The number of nitrogens with one attached hydrogen (secondary N) is 1. The minimum atomic E-state index is -0.321. The zero-order valence-electron chi connectivity index (χ0n) is 12.3. The number of nitrogens with zero attached hydrogens (tertiary/aromatic N) is 1. The average molecular weight is 277 g/mol. The number of benzene rings is 1. The van der Waals surface area contributed by atoms with Crippen molar-refractivity contribution in [2.45, 2.75) is 45.2 Å². The van der Waals surface area contributed by atoms with Gasteiger partial charge in [-0.05, 0) is 49.6 Å². The van der Waals surface area contributed by atoms with Crippen LogP contribution in [-0.2, 0) is 6.54 Å². The fourth-order valence-electron chi connectivity index (χ4n) is 3.25. The summed E-state index contributed by atoms with van der Waals surface area (Å²) >= 11 is 0. The second-order valence-electron chi connectivity index (χ2n) is 6.01. The lowest BCUT2D eigenvalue weighted by Crippen LogP contribution is -2.38. The Hall–Kier alpha value is -1.42. The third-order valence-electron chi connectivity index (χ3n) is 4.33. The number of hydrogen-bond donors (Lipinski definition) is 2. The zero-order chi connectivity index (χ0) is 14.7. The van der Waals surface area contributed by atoms with Crippen LogP contribution in [0, 0.1) is 17.1 Å². The molecule has 20 heavy (non-hydrogen) atoms. The molecular formula is C16H24FN3. The quantitative estimate of drug-likeness (QED) is 0.656. The molecule has 0 amide bonds. The summed E-state index contributed by atoms with van der Waals surface area (Å²) in [7, 11) is 2.10. The van der Waals surface area contributed by atoms with Gasteiger partial charge in [0.05, 0.1) is 0 Å². The molecule has 1 aromatic carbocycles. The van der Waals surface area contributed by atoms with Gasteiger partial charge < -0.3 is 5.73 Å². The molecule has 2 atom stereocenters. The van der Waals surface area contributed by atoms with Gasteiger partial charge in [0.2, 0.25) is 0 Å². The predicted octanol–water partition coefficient (Wildman–Crippen LogP) is 3.12. The molecule has 0 saturated heterocycles. The van der Waals surface area contributed by atoms with Crippen molar-refractivity contribution in [2.24, 2.45) is 11.7 Å². The number of hydrogen-bond acceptors (Lipinski definition) is 2. The van der Waals surface area contributed by atoms with Crippen LogP contribution in [0.2, 0.25) is 0 Å². The lowest BCUT2D eigenvalue weighted by Gasteiger charge is -2.36. The van der Waals surface area contributed by atoms with Gasteiger partial charge >= 0.3 is 0 Å². The fourth-order valence-corrected chi connectivity index (χ4v) is 3.25. The highest BCUT2D eigenvalue weighted by Crippen LogP contribution is 2.28. The van der Waals surface area contributed by atoms with E-state index in [0.717, 1.165) is 5.56 Å². The second-order valence-corrected chi connectivity index (χ2v) is 6.01. The van der Waals surface area contributed by atoms with E-state index in [0.29, 0.717) is 24.1 Å². The van der Waals surface area contributed by atoms with Crippen LogP contribution in [0.15, 0.2) is 18.2 Å². The van der Waals surface area contributed by atoms with Crippen LogP contribution in [0.1, 0.15) is 43.7 Å². The Labute approximate surface area is 120 Å². The average Bonchev–Trinajstić information content (AvgIpc) is 2.38. The molecule has 2 unspecified atom stereocenters. The Balaban J connectivity index is 2.10. The lowest BCUT2D eigenvalue weighted by molar-refractivity contribution is 0.133. The van der Waals surface area contributed by atoms with E-state index in [1.807, 2.05) is 6.07 Å². The van der Waals surface area contributed by atoms with Crippen LogP contribution in [0.3, 0.4) is 0 Å². The SMILES string of the molecule is CC1CCCCC1N(C)Cc1cc(F)cc(C(=N)N)c1. The van der Waals surface area contributed by atoms with Crippen LogP contribution in [0.4, 0.5) is 4.39 Å². The van der Waals surface area contributed by atoms with Crippen LogP contribution >= 0.6 is 0 Å². The van der Waals surface area contributed by atoms with Crippen molar-refractivity contribution < 1.29 is 4.39 Å². The first-order valence-electron chi connectivity index (χ1n) is 7.31. The zero-order valence-corrected chi connectivity index (χ0v) is 12.3. The van der Waals surface area contributed by atoms with Crippen molar-refractivity contribution >= 4 is 5.84 Å². The number of rotatable bonds is 4. The molecule has 0 aliphatic heterocycles. The monoisotopic (exact) mass is 277 g/mol. The van der Waals surface area contributed by atoms with Crippen molar-refractivity contribution in [3.63, 3.8) is 0 Å². The Bertz CT molecular complexity index is 487. The molecule has 1 fully saturated rings. The Kier molecular flexibility index (Phi) is 4.76. The molecule has 4 heteroatoms. The summed E-state index contributed by atoms with van der Waals surface area (Å²) in [5.41, 5.74) is 6.80. The Morgan fingerprint density at radius 2 is 2.05 bits per heavy atom. The minimum absolute atomic E-state index is 0.0839. The van der Waals surface area contributed by atoms with Crippen LogP contribution < -0.4 is 5.73 Å². The molecule has 0 bridgehead atoms. The van der Waals surface area contributed by atoms with E-state index in [2.05, 4.69) is 18.9 Å². The summed E-state index contributed by atoms with van der Waals surface area (Å²) in [5, 5.41) is 7.44. The van der Waals surface area contributed by atoms with E-state index in [9.17, 15) is 4.39 Å². The molecule has 0 spiro atoms. The third kappa shape index (κ3) is 3.57. The van der Waals surface area contributed by atoms with E-state index in [4.69, 9.17) is 11.1 Å². The fraction of sp³-hybridized carbons (Fsp3) is 0.562. The standard InChI is InChI=1S/C16H24FN3/c1-11-5-3-4-6-15(11)20(2)10-12-7-13(16(18)19)9-14(17)8-12/h7-9,11,15H,3-6,10H2,1-2H3,(H3,18,19). The first-order chi connectivity index (χ1) is 9.47. The predicted molar refractivity (Wildman–Crippen MR) is 80.3 cm³/mol. The van der Waals surface area contributed by atoms with E-state index in [1.54, 1.807) is 0 Å². The molecule has 1 aromatic rings. The smallest absolute Gasteiger partial charge is 0.124 e. The van der Waals surface area contributed by atoms with Crippen molar-refractivity contribution in [1.29, 1.82) is 5.41 Å². The maximum absolute atomic E-state index is 13.6. The van der Waals surface area contributed by atoms with Crippen molar-refractivity contribution in [3.8, 4) is 0 Å². The van der Waals surface area contributed by atoms with Gasteiger partial charge in [-0.25, -0.2) is 4.39 Å². The topological polar surface area (TPSA) is 53.1 Å². The molecule has 1 aliphatic rings. The second kappa shape index (κ2) is 6.35. The Morgan fingerprint density at radius 3 is 2.70 bits per heavy atom. The summed E-state index contributed by atoms with van der Waals surface area (Å²) in [6.07, 6.45) is 5.09. The van der Waals surface area contributed by atoms with Gasteiger partial charge in [0, 0.05) is 18.2 Å². The first-order valence-corrected chi connectivity index (χ1v) is 7.31. The largest absolute Gasteiger partial charge is 0.384 e. The molecule has 0 heterocycles. The number of nitrogens with two attached hydrogens (primary N) is 1. The molecular weight excluding hydrogens is 253 g/mol. The third-order valence-corrected chi connectivity index (χ3v) is 4.33. The van der Waals surface area contributed by atoms with Crippen LogP contribution in [0.25, 0.3) is 0 Å². The number of halogens is 1. The van der Waals surface area contributed by atoms with Gasteiger partial charge in [-0.15, -0.1) is 0 Å². The van der Waals surface area contributed by atoms with E-state index in [1.165, 1.54) is 37.8 Å². The van der Waals surface area contributed by atoms with Crippen molar-refractivity contribution in [2.75, 3.05) is 7.05 Å². The van der Waals surface area contributed by atoms with Gasteiger partial charge in [-0.3, -0.25) is 10.3 Å². The lowest BCUT2D eigenvalue weighted by atomic mass is 9.85. The first kappa shape index (κ1) is 15.0. The van der Waals surface area contributed by atoms with Gasteiger partial charge in [0.1, 0.15) is 11.7 Å². The highest BCUT2D eigenvalue weighted by molar-refractivity contribution is 5.95. The van der Waals surface area contributed by atoms with Crippen molar-refractivity contribution in [3.05, 3.63) is 35.1 Å². The molecule has 1 aliphatic carbocycles. The summed E-state index contributed by atoms with van der Waals surface area (Å²) in [6, 6.07) is 5.23. The van der Waals surface area contributed by atoms with Gasteiger partial charge in [0.25, 0.3) is 0 Å². The van der Waals surface area contributed by atoms with E-state index < -0.39 is 0 Å². The van der Waals surface area contributed by atoms with Gasteiger partial charge in [-0.1, -0.05) is 19.8 Å². The van der Waals surface area contributed by atoms with Crippen molar-refractivity contribution in [1.82, 2.24) is 4.90 Å². The molecule has 3 nitrogen and oxygen atoms in total. The molecule has 0 aromatic heterocycles. The van der Waals surface area contributed by atoms with Gasteiger partial charge in [-0.2, -0.15) is 0 Å². The maximum atomic E-state index is 13.6. The van der Waals surface area contributed by atoms with E-state index in [-0.39, 0.29) is 11.7 Å². The number of amidine groups is 1. The molecule has 0 radical (unpaired) electrons. The van der Waals surface area contributed by atoms with Gasteiger partial charge in [0.15, 0.2) is 0 Å². The molecule has 2 rings (SSSR count). The normalized spacial score (nSPS) is 23.0. The summed E-state index contributed by atoms with van der Waals surface area (Å²) in [5.74, 6) is 0.284. The minimum Gasteiger partial charge on any atom is -0.384 e. The summed E-state index contributed by atoms with van der Waals surface area (Å²) in [4.78, 5) is 2.31. The highest BCUT2D eigenvalue weighted by atomic mass is 19.1. The molecule has 110 valence electrons. The summed E-state index contributed by atoms with van der Waals surface area (Å²) < 4.78 is 13.6. The molecule has 1 saturated carbocycles. The maximum Gasteiger partial charge on any atom is 0.124 e. The Morgan fingerprint density at radius 1 is 1.35 bits per heavy atom. The number of nitrogen functional groups attached to an aromatic ring is 1. The molecule has 3 N–H and O–H groups in total. The van der Waals surface area contributed by atoms with E-state index >= 15 is 0 Å². The van der Waals surface area contributed by atoms with Crippen LogP contribution in [-0.4, -0.2) is 23.8 Å². The van der Waals surface area contributed by atoms with Crippen LogP contribution in [0.5, 0.6) is 0 Å².